The second-order valence-electron chi connectivity index (χ2n) is 8.44. The van der Waals surface area contributed by atoms with Crippen LogP contribution in [0.25, 0.3) is 0 Å². The molecule has 0 aliphatic carbocycles. The van der Waals surface area contributed by atoms with E-state index in [0.29, 0.717) is 12.1 Å². The van der Waals surface area contributed by atoms with E-state index in [1.165, 1.54) is 0 Å². The van der Waals surface area contributed by atoms with Gasteiger partial charge in [0.2, 0.25) is 0 Å². The van der Waals surface area contributed by atoms with Gasteiger partial charge in [0, 0.05) is 38.3 Å². The third-order valence-corrected chi connectivity index (χ3v) is 6.08. The first kappa shape index (κ1) is 24.2. The van der Waals surface area contributed by atoms with Crippen LogP contribution >= 0.6 is 0 Å². The lowest BCUT2D eigenvalue weighted by Gasteiger charge is -2.44. The summed E-state index contributed by atoms with van der Waals surface area (Å²) in [4.78, 5) is 5.18. The van der Waals surface area contributed by atoms with Crippen LogP contribution < -0.4 is 18.9 Å². The molecule has 32 heavy (non-hydrogen) atoms. The molecule has 0 saturated carbocycles. The summed E-state index contributed by atoms with van der Waals surface area (Å²) in [6.07, 6.45) is 2.05. The molecule has 1 fully saturated rings. The number of hydrogen-bond acceptors (Lipinski definition) is 6. The monoisotopic (exact) mass is 442 g/mol. The quantitative estimate of drug-likeness (QED) is 0.456. The average Bonchev–Trinajstić information content (AvgIpc) is 2.82. The predicted molar refractivity (Wildman–Crippen MR) is 128 cm³/mol. The summed E-state index contributed by atoms with van der Waals surface area (Å²) >= 11 is 0. The molecule has 0 aromatic heterocycles. The van der Waals surface area contributed by atoms with Crippen LogP contribution in [0.5, 0.6) is 23.0 Å². The summed E-state index contributed by atoms with van der Waals surface area (Å²) in [6.45, 7) is 10.5. The van der Waals surface area contributed by atoms with Crippen LogP contribution in [0.4, 0.5) is 0 Å². The van der Waals surface area contributed by atoms with Gasteiger partial charge in [0.05, 0.1) is 27.4 Å². The van der Waals surface area contributed by atoms with Gasteiger partial charge in [-0.3, -0.25) is 9.80 Å². The van der Waals surface area contributed by atoms with E-state index in [9.17, 15) is 0 Å². The van der Waals surface area contributed by atoms with Crippen LogP contribution in [0.1, 0.15) is 26.7 Å². The van der Waals surface area contributed by atoms with E-state index in [0.717, 1.165) is 75.2 Å². The Hall–Kier alpha value is -2.44. The van der Waals surface area contributed by atoms with Crippen molar-refractivity contribution in [3.05, 3.63) is 48.5 Å². The molecule has 1 saturated heterocycles. The highest BCUT2D eigenvalue weighted by atomic mass is 16.5. The summed E-state index contributed by atoms with van der Waals surface area (Å²) in [7, 11) is 3.35. The number of rotatable bonds is 12. The van der Waals surface area contributed by atoms with E-state index >= 15 is 0 Å². The SMILES string of the molecule is COc1ccc(OCCCN2CC(C)N(CCCOc3ccc(OC)cc3)CC2C)cc1. The number of ether oxygens (including phenoxy) is 4. The molecule has 0 spiro atoms. The zero-order valence-corrected chi connectivity index (χ0v) is 20.0. The Labute approximate surface area is 193 Å². The van der Waals surface area contributed by atoms with Gasteiger partial charge >= 0.3 is 0 Å². The first-order chi connectivity index (χ1) is 15.6. The predicted octanol–water partition coefficient (Wildman–Crippen LogP) is 4.34. The molecule has 0 amide bonds. The van der Waals surface area contributed by atoms with Crippen LogP contribution in [0.2, 0.25) is 0 Å². The van der Waals surface area contributed by atoms with Crippen molar-refractivity contribution in [1.82, 2.24) is 9.80 Å². The molecular weight excluding hydrogens is 404 g/mol. The minimum atomic E-state index is 0.551. The van der Waals surface area contributed by atoms with Crippen molar-refractivity contribution >= 4 is 0 Å². The topological polar surface area (TPSA) is 43.4 Å². The van der Waals surface area contributed by atoms with Gasteiger partial charge in [0.25, 0.3) is 0 Å². The van der Waals surface area contributed by atoms with Gasteiger partial charge in [-0.25, -0.2) is 0 Å². The van der Waals surface area contributed by atoms with E-state index in [1.807, 2.05) is 48.5 Å². The fourth-order valence-electron chi connectivity index (χ4n) is 4.15. The zero-order chi connectivity index (χ0) is 22.8. The molecule has 6 nitrogen and oxygen atoms in total. The lowest BCUT2D eigenvalue weighted by atomic mass is 10.1. The van der Waals surface area contributed by atoms with Gasteiger partial charge in [0.15, 0.2) is 0 Å². The highest BCUT2D eigenvalue weighted by Crippen LogP contribution is 2.19. The first-order valence-corrected chi connectivity index (χ1v) is 11.6. The number of methoxy groups -OCH3 is 2. The third kappa shape index (κ3) is 7.31. The molecule has 2 aromatic rings. The Kier molecular flexibility index (Phi) is 9.50. The van der Waals surface area contributed by atoms with E-state index < -0.39 is 0 Å². The van der Waals surface area contributed by atoms with Gasteiger partial charge in [-0.1, -0.05) is 0 Å². The molecule has 0 N–H and O–H groups in total. The molecule has 1 heterocycles. The Morgan fingerprint density at radius 2 is 0.969 bits per heavy atom. The lowest BCUT2D eigenvalue weighted by molar-refractivity contribution is 0.0371. The number of hydrogen-bond donors (Lipinski definition) is 0. The molecule has 1 aliphatic heterocycles. The van der Waals surface area contributed by atoms with Crippen molar-refractivity contribution in [2.24, 2.45) is 0 Å². The molecule has 6 heteroatoms. The molecule has 2 unspecified atom stereocenters. The van der Waals surface area contributed by atoms with Crippen molar-refractivity contribution in [3.63, 3.8) is 0 Å². The first-order valence-electron chi connectivity index (χ1n) is 11.6. The van der Waals surface area contributed by atoms with Crippen LogP contribution in [0.15, 0.2) is 48.5 Å². The Bertz CT molecular complexity index is 714. The minimum absolute atomic E-state index is 0.551. The van der Waals surface area contributed by atoms with E-state index in [-0.39, 0.29) is 0 Å². The molecule has 0 radical (unpaired) electrons. The Morgan fingerprint density at radius 3 is 1.31 bits per heavy atom. The van der Waals surface area contributed by atoms with E-state index in [1.54, 1.807) is 14.2 Å². The van der Waals surface area contributed by atoms with E-state index in [4.69, 9.17) is 18.9 Å². The summed E-state index contributed by atoms with van der Waals surface area (Å²) in [6, 6.07) is 16.7. The van der Waals surface area contributed by atoms with Crippen molar-refractivity contribution in [2.75, 3.05) is 53.6 Å². The fourth-order valence-corrected chi connectivity index (χ4v) is 4.15. The summed E-state index contributed by atoms with van der Waals surface area (Å²) < 4.78 is 22.1. The Balaban J connectivity index is 1.31. The average molecular weight is 443 g/mol. The molecule has 1 aliphatic rings. The smallest absolute Gasteiger partial charge is 0.119 e. The highest BCUT2D eigenvalue weighted by Gasteiger charge is 2.28. The van der Waals surface area contributed by atoms with Crippen LogP contribution in [0, 0.1) is 0 Å². The molecule has 2 aromatic carbocycles. The second kappa shape index (κ2) is 12.6. The van der Waals surface area contributed by atoms with Gasteiger partial charge in [-0.05, 0) is 75.2 Å². The highest BCUT2D eigenvalue weighted by molar-refractivity contribution is 5.31. The molecule has 2 atom stereocenters. The van der Waals surface area contributed by atoms with Crippen molar-refractivity contribution in [1.29, 1.82) is 0 Å². The zero-order valence-electron chi connectivity index (χ0n) is 20.0. The standard InChI is InChI=1S/C26H38N2O4/c1-21-19-28(16-6-18-32-26-13-9-24(30-4)10-14-26)22(2)20-27(21)15-5-17-31-25-11-7-23(29-3)8-12-25/h7-14,21-22H,5-6,15-20H2,1-4H3. The molecule has 0 bridgehead atoms. The minimum Gasteiger partial charge on any atom is -0.497 e. The van der Waals surface area contributed by atoms with E-state index in [2.05, 4.69) is 23.6 Å². The molecule has 3 rings (SSSR count). The van der Waals surface area contributed by atoms with Crippen LogP contribution in [-0.2, 0) is 0 Å². The van der Waals surface area contributed by atoms with Gasteiger partial charge in [0.1, 0.15) is 23.0 Å². The third-order valence-electron chi connectivity index (χ3n) is 6.08. The van der Waals surface area contributed by atoms with Crippen LogP contribution in [-0.4, -0.2) is 75.5 Å². The summed E-state index contributed by atoms with van der Waals surface area (Å²) in [5.74, 6) is 3.50. The maximum Gasteiger partial charge on any atom is 0.119 e. The summed E-state index contributed by atoms with van der Waals surface area (Å²) in [5.41, 5.74) is 0. The van der Waals surface area contributed by atoms with Crippen molar-refractivity contribution < 1.29 is 18.9 Å². The largest absolute Gasteiger partial charge is 0.497 e. The van der Waals surface area contributed by atoms with Crippen molar-refractivity contribution in [2.45, 2.75) is 38.8 Å². The number of piperazine rings is 1. The van der Waals surface area contributed by atoms with Gasteiger partial charge < -0.3 is 18.9 Å². The lowest BCUT2D eigenvalue weighted by Crippen LogP contribution is -2.56. The molecule has 176 valence electrons. The second-order valence-corrected chi connectivity index (χ2v) is 8.44. The van der Waals surface area contributed by atoms with Gasteiger partial charge in [-0.15, -0.1) is 0 Å². The Morgan fingerprint density at radius 1 is 0.625 bits per heavy atom. The van der Waals surface area contributed by atoms with Crippen molar-refractivity contribution in [3.8, 4) is 23.0 Å². The van der Waals surface area contributed by atoms with Crippen LogP contribution in [0.3, 0.4) is 0 Å². The number of nitrogens with zero attached hydrogens (tertiary/aromatic N) is 2. The maximum atomic E-state index is 5.88. The summed E-state index contributed by atoms with van der Waals surface area (Å²) in [5, 5.41) is 0. The maximum absolute atomic E-state index is 5.88. The van der Waals surface area contributed by atoms with Gasteiger partial charge in [-0.2, -0.15) is 0 Å². The normalized spacial score (nSPS) is 19.5. The fraction of sp³-hybridized carbons (Fsp3) is 0.538. The molecular formula is C26H38N2O4. The number of benzene rings is 2.